The zero-order chi connectivity index (χ0) is 39.5. The second-order valence-corrected chi connectivity index (χ2v) is 17.9. The molecule has 11 rings (SSSR count). The van der Waals surface area contributed by atoms with Gasteiger partial charge in [0.1, 0.15) is 11.6 Å². The van der Waals surface area contributed by atoms with E-state index in [1.165, 1.54) is 38.5 Å². The molecule has 0 fully saturated rings. The highest BCUT2D eigenvalue weighted by molar-refractivity contribution is 7.00. The predicted molar refractivity (Wildman–Crippen MR) is 243 cm³/mol. The number of rotatable bonds is 5. The summed E-state index contributed by atoms with van der Waals surface area (Å²) < 4.78 is 4.96. The fourth-order valence-electron chi connectivity index (χ4n) is 9.60. The molecule has 7 aromatic carbocycles. The van der Waals surface area contributed by atoms with Crippen molar-refractivity contribution in [3.05, 3.63) is 169 Å². The second-order valence-electron chi connectivity index (χ2n) is 17.9. The first kappa shape index (κ1) is 34.6. The number of hydrogen-bond acceptors (Lipinski definition) is 3. The van der Waals surface area contributed by atoms with Gasteiger partial charge in [-0.05, 0) is 74.7 Å². The van der Waals surface area contributed by atoms with Crippen molar-refractivity contribution in [2.45, 2.75) is 52.4 Å². The Bertz CT molecular complexity index is 2860. The lowest BCUT2D eigenvalue weighted by Gasteiger charge is -2.36. The van der Waals surface area contributed by atoms with E-state index in [0.29, 0.717) is 0 Å². The van der Waals surface area contributed by atoms with E-state index in [-0.39, 0.29) is 17.5 Å². The summed E-state index contributed by atoms with van der Waals surface area (Å²) in [5.74, 6) is 1.90. The summed E-state index contributed by atoms with van der Waals surface area (Å²) in [6, 6.07) is 57.2. The molecule has 0 N–H and O–H groups in total. The molecule has 0 atom stereocenters. The SMILES string of the molecule is CC(C)(C)c1ccc2c3c1nc(-c1ccccc1)n3-c1cc(N(c3ccccc3)c3ccccc3)cc3c1B2c1ccc(C(C)(C)C)c2nc(-c4ccccc4)n-3c12. The molecule has 2 aliphatic rings. The smallest absolute Gasteiger partial charge is 0.252 e. The van der Waals surface area contributed by atoms with Gasteiger partial charge in [0.2, 0.25) is 0 Å². The Hall–Kier alpha value is -6.66. The summed E-state index contributed by atoms with van der Waals surface area (Å²) in [6.45, 7) is 13.8. The minimum absolute atomic E-state index is 0.0327. The van der Waals surface area contributed by atoms with Crippen LogP contribution in [0.3, 0.4) is 0 Å². The highest BCUT2D eigenvalue weighted by Crippen LogP contribution is 2.44. The molecular weight excluding hydrogens is 705 g/mol. The van der Waals surface area contributed by atoms with Crippen molar-refractivity contribution in [2.24, 2.45) is 0 Å². The molecule has 4 heterocycles. The van der Waals surface area contributed by atoms with Crippen LogP contribution in [0.1, 0.15) is 52.7 Å². The van der Waals surface area contributed by atoms with E-state index in [9.17, 15) is 0 Å². The van der Waals surface area contributed by atoms with Crippen LogP contribution in [0.4, 0.5) is 17.1 Å². The Morgan fingerprint density at radius 2 is 0.828 bits per heavy atom. The van der Waals surface area contributed by atoms with Crippen molar-refractivity contribution in [3.8, 4) is 34.2 Å². The van der Waals surface area contributed by atoms with Crippen LogP contribution in [-0.4, -0.2) is 25.8 Å². The van der Waals surface area contributed by atoms with E-state index in [2.05, 4.69) is 213 Å². The Labute approximate surface area is 340 Å². The van der Waals surface area contributed by atoms with E-state index in [1.807, 2.05) is 0 Å². The molecule has 0 amide bonds. The van der Waals surface area contributed by atoms with E-state index in [4.69, 9.17) is 9.97 Å². The number of anilines is 3. The highest BCUT2D eigenvalue weighted by Gasteiger charge is 2.44. The molecule has 0 aliphatic carbocycles. The molecule has 0 saturated carbocycles. The van der Waals surface area contributed by atoms with E-state index >= 15 is 0 Å². The Kier molecular flexibility index (Phi) is 7.41. The van der Waals surface area contributed by atoms with Gasteiger partial charge in [-0.3, -0.25) is 9.13 Å². The first-order valence-corrected chi connectivity index (χ1v) is 20.4. The predicted octanol–water partition coefficient (Wildman–Crippen LogP) is 10.9. The van der Waals surface area contributed by atoms with Crippen LogP contribution in [0.5, 0.6) is 0 Å². The van der Waals surface area contributed by atoms with Gasteiger partial charge in [-0.1, -0.05) is 163 Å². The molecule has 0 spiro atoms. The second kappa shape index (κ2) is 12.4. The third kappa shape index (κ3) is 5.04. The van der Waals surface area contributed by atoms with Gasteiger partial charge in [-0.2, -0.15) is 0 Å². The highest BCUT2D eigenvalue weighted by atomic mass is 15.2. The van der Waals surface area contributed by atoms with Gasteiger partial charge in [-0.25, -0.2) is 9.97 Å². The van der Waals surface area contributed by atoms with Crippen LogP contribution in [0.15, 0.2) is 158 Å². The third-order valence-corrected chi connectivity index (χ3v) is 12.2. The van der Waals surface area contributed by atoms with E-state index < -0.39 is 0 Å². The number of aromatic nitrogens is 4. The van der Waals surface area contributed by atoms with Crippen LogP contribution in [0.25, 0.3) is 56.2 Å². The van der Waals surface area contributed by atoms with Crippen LogP contribution < -0.4 is 21.3 Å². The summed E-state index contributed by atoms with van der Waals surface area (Å²) >= 11 is 0. The normalized spacial score (nSPS) is 13.0. The molecule has 5 nitrogen and oxygen atoms in total. The molecule has 2 aromatic heterocycles. The van der Waals surface area contributed by atoms with Gasteiger partial charge >= 0.3 is 0 Å². The van der Waals surface area contributed by atoms with Gasteiger partial charge in [0.05, 0.1) is 27.8 Å². The first-order chi connectivity index (χ1) is 28.1. The molecule has 0 radical (unpaired) electrons. The van der Waals surface area contributed by atoms with Gasteiger partial charge in [0.25, 0.3) is 6.71 Å². The largest absolute Gasteiger partial charge is 0.310 e. The number of para-hydroxylation sites is 2. The van der Waals surface area contributed by atoms with E-state index in [1.54, 1.807) is 0 Å². The minimum atomic E-state index is -0.117. The number of nitrogens with zero attached hydrogens (tertiary/aromatic N) is 5. The summed E-state index contributed by atoms with van der Waals surface area (Å²) in [6.07, 6.45) is 0. The van der Waals surface area contributed by atoms with Gasteiger partial charge < -0.3 is 4.90 Å². The number of hydrogen-bond donors (Lipinski definition) is 0. The summed E-state index contributed by atoms with van der Waals surface area (Å²) in [5.41, 5.74) is 18.3. The van der Waals surface area contributed by atoms with Crippen LogP contribution in [-0.2, 0) is 10.8 Å². The molecule has 6 heteroatoms. The van der Waals surface area contributed by atoms with Gasteiger partial charge in [0, 0.05) is 33.9 Å². The Morgan fingerprint density at radius 1 is 0.448 bits per heavy atom. The number of fused-ring (bicyclic) bond motifs is 4. The maximum absolute atomic E-state index is 5.66. The lowest BCUT2D eigenvalue weighted by Crippen LogP contribution is -2.59. The molecule has 58 heavy (non-hydrogen) atoms. The Balaban J connectivity index is 1.35. The lowest BCUT2D eigenvalue weighted by molar-refractivity contribution is 0.594. The lowest BCUT2D eigenvalue weighted by atomic mass is 9.34. The van der Waals surface area contributed by atoms with Crippen molar-refractivity contribution in [3.63, 3.8) is 0 Å². The maximum atomic E-state index is 5.66. The van der Waals surface area contributed by atoms with E-state index in [0.717, 1.165) is 62.2 Å². The average molecular weight is 750 g/mol. The fourth-order valence-corrected chi connectivity index (χ4v) is 9.60. The number of imidazole rings is 2. The van der Waals surface area contributed by atoms with Crippen molar-refractivity contribution in [2.75, 3.05) is 4.90 Å². The molecule has 280 valence electrons. The quantitative estimate of drug-likeness (QED) is 0.165. The standard InChI is InChI=1S/C52H44BN5/c1-51(2,3)38-27-29-40-47-45(38)54-49(33-19-11-7-12-20-33)57(47)42-31-37(56(35-23-15-9-16-24-35)36-25-17-10-18-26-36)32-43-44(42)53(40)41-30-28-39(52(4,5)6)46-48(41)58(43)50(55-46)34-21-13-8-14-22-34/h7-32H,1-6H3. The molecule has 0 bridgehead atoms. The third-order valence-electron chi connectivity index (χ3n) is 12.2. The topological polar surface area (TPSA) is 38.9 Å². The first-order valence-electron chi connectivity index (χ1n) is 20.4. The van der Waals surface area contributed by atoms with Crippen LogP contribution in [0.2, 0.25) is 0 Å². The summed E-state index contributed by atoms with van der Waals surface area (Å²) in [4.78, 5) is 13.7. The summed E-state index contributed by atoms with van der Waals surface area (Å²) in [7, 11) is 0. The molecule has 0 saturated heterocycles. The molecular formula is C52H44BN5. The zero-order valence-electron chi connectivity index (χ0n) is 33.8. The number of benzene rings is 7. The molecule has 9 aromatic rings. The van der Waals surface area contributed by atoms with Gasteiger partial charge in [0.15, 0.2) is 0 Å². The summed E-state index contributed by atoms with van der Waals surface area (Å²) in [5, 5.41) is 0. The molecule has 0 unspecified atom stereocenters. The fraction of sp³-hybridized carbons (Fsp3) is 0.154. The maximum Gasteiger partial charge on any atom is 0.252 e. The van der Waals surface area contributed by atoms with Crippen molar-refractivity contribution in [1.29, 1.82) is 0 Å². The van der Waals surface area contributed by atoms with Crippen LogP contribution in [0, 0.1) is 0 Å². The van der Waals surface area contributed by atoms with Crippen molar-refractivity contribution >= 4 is 62.2 Å². The monoisotopic (exact) mass is 749 g/mol. The minimum Gasteiger partial charge on any atom is -0.310 e. The Morgan fingerprint density at radius 3 is 1.21 bits per heavy atom. The molecule has 2 aliphatic heterocycles. The van der Waals surface area contributed by atoms with Crippen molar-refractivity contribution < 1.29 is 0 Å². The zero-order valence-corrected chi connectivity index (χ0v) is 33.8. The van der Waals surface area contributed by atoms with Crippen molar-refractivity contribution in [1.82, 2.24) is 19.1 Å². The van der Waals surface area contributed by atoms with Gasteiger partial charge in [-0.15, -0.1) is 0 Å². The van der Waals surface area contributed by atoms with Crippen LogP contribution >= 0.6 is 0 Å². The average Bonchev–Trinajstić information content (AvgIpc) is 3.83.